The van der Waals surface area contributed by atoms with Gasteiger partial charge in [0.2, 0.25) is 0 Å². The third-order valence-electron chi connectivity index (χ3n) is 6.32. The fourth-order valence-electron chi connectivity index (χ4n) is 3.89. The van der Waals surface area contributed by atoms with Crippen molar-refractivity contribution < 1.29 is 5.11 Å². The first kappa shape index (κ1) is 18.6. The van der Waals surface area contributed by atoms with Crippen molar-refractivity contribution in [3.8, 4) is 6.07 Å². The standard InChI is InChI=1S/C18H31N5OSi/c1-17(24,25(2,3)4)15-11-21-23(12-15)18(7-8-19)13-22(14-18)16-5-9-20-10-6-16/h11-12,16,20,24H,5-7,9-10,13-14H2,1-4H3. The highest BCUT2D eigenvalue weighted by Gasteiger charge is 2.48. The Morgan fingerprint density at radius 2 is 2.04 bits per heavy atom. The summed E-state index contributed by atoms with van der Waals surface area (Å²) in [4.78, 5) is 2.50. The lowest BCUT2D eigenvalue weighted by Crippen LogP contribution is -2.66. The van der Waals surface area contributed by atoms with Crippen LogP contribution < -0.4 is 5.32 Å². The summed E-state index contributed by atoms with van der Waals surface area (Å²) in [5, 5.41) is 27.5. The van der Waals surface area contributed by atoms with E-state index in [1.165, 1.54) is 12.8 Å². The smallest absolute Gasteiger partial charge is 0.101 e. The molecule has 138 valence electrons. The van der Waals surface area contributed by atoms with Crippen molar-refractivity contribution in [3.05, 3.63) is 18.0 Å². The molecule has 7 heteroatoms. The van der Waals surface area contributed by atoms with Crippen LogP contribution in [0.25, 0.3) is 0 Å². The van der Waals surface area contributed by atoms with Crippen LogP contribution in [-0.4, -0.2) is 60.1 Å². The van der Waals surface area contributed by atoms with E-state index in [2.05, 4.69) is 41.0 Å². The molecule has 0 aliphatic carbocycles. The first-order valence-corrected chi connectivity index (χ1v) is 12.8. The maximum atomic E-state index is 11.0. The molecule has 0 amide bonds. The Hall–Kier alpha value is -1.20. The summed E-state index contributed by atoms with van der Waals surface area (Å²) in [7, 11) is -1.80. The molecule has 2 saturated heterocycles. The van der Waals surface area contributed by atoms with E-state index in [4.69, 9.17) is 0 Å². The van der Waals surface area contributed by atoms with Gasteiger partial charge in [0, 0.05) is 30.9 Å². The van der Waals surface area contributed by atoms with Gasteiger partial charge in [-0.05, 0) is 32.9 Å². The second kappa shape index (κ2) is 6.51. The van der Waals surface area contributed by atoms with Gasteiger partial charge in [-0.15, -0.1) is 0 Å². The molecular formula is C18H31N5OSi. The SMILES string of the molecule is CC(O)(c1cnn(C2(CC#N)CN(C3CCNCC3)C2)c1)[Si](C)(C)C. The number of nitrogens with one attached hydrogen (secondary N) is 1. The lowest BCUT2D eigenvalue weighted by molar-refractivity contribution is -0.0341. The fraction of sp³-hybridized carbons (Fsp3) is 0.778. The summed E-state index contributed by atoms with van der Waals surface area (Å²) >= 11 is 0. The second-order valence-electron chi connectivity index (χ2n) is 8.94. The van der Waals surface area contributed by atoms with E-state index in [1.807, 2.05) is 17.8 Å². The van der Waals surface area contributed by atoms with Crippen LogP contribution in [0.15, 0.2) is 12.4 Å². The molecule has 0 bridgehead atoms. The number of piperidine rings is 1. The molecule has 1 aromatic rings. The molecule has 2 N–H and O–H groups in total. The van der Waals surface area contributed by atoms with Gasteiger partial charge in [-0.1, -0.05) is 19.6 Å². The van der Waals surface area contributed by atoms with Gasteiger partial charge in [0.05, 0.1) is 32.0 Å². The van der Waals surface area contributed by atoms with Crippen molar-refractivity contribution in [3.63, 3.8) is 0 Å². The largest absolute Gasteiger partial charge is 0.389 e. The Kier molecular flexibility index (Phi) is 4.84. The van der Waals surface area contributed by atoms with Crippen LogP contribution in [0.1, 0.15) is 31.7 Å². The zero-order valence-corrected chi connectivity index (χ0v) is 16.9. The highest BCUT2D eigenvalue weighted by molar-refractivity contribution is 6.78. The first-order valence-electron chi connectivity index (χ1n) is 9.29. The van der Waals surface area contributed by atoms with Crippen molar-refractivity contribution in [1.29, 1.82) is 5.26 Å². The molecule has 6 nitrogen and oxygen atoms in total. The maximum absolute atomic E-state index is 11.0. The first-order chi connectivity index (χ1) is 11.7. The molecule has 1 aromatic heterocycles. The van der Waals surface area contributed by atoms with Gasteiger partial charge in [0.15, 0.2) is 0 Å². The summed E-state index contributed by atoms with van der Waals surface area (Å²) in [6.07, 6.45) is 6.60. The molecule has 0 aromatic carbocycles. The van der Waals surface area contributed by atoms with E-state index in [9.17, 15) is 10.4 Å². The predicted octanol–water partition coefficient (Wildman–Crippen LogP) is 1.64. The van der Waals surface area contributed by atoms with Crippen LogP contribution in [-0.2, 0) is 10.8 Å². The normalized spacial score (nSPS) is 24.3. The maximum Gasteiger partial charge on any atom is 0.101 e. The van der Waals surface area contributed by atoms with Crippen LogP contribution >= 0.6 is 0 Å². The zero-order valence-electron chi connectivity index (χ0n) is 15.9. The molecule has 2 fully saturated rings. The Morgan fingerprint density at radius 1 is 1.40 bits per heavy atom. The Morgan fingerprint density at radius 3 is 2.60 bits per heavy atom. The second-order valence-corrected chi connectivity index (χ2v) is 14.4. The van der Waals surface area contributed by atoms with Crippen LogP contribution in [0.5, 0.6) is 0 Å². The molecule has 1 unspecified atom stereocenters. The van der Waals surface area contributed by atoms with E-state index in [0.717, 1.165) is 31.7 Å². The van der Waals surface area contributed by atoms with Gasteiger partial charge >= 0.3 is 0 Å². The number of rotatable bonds is 5. The van der Waals surface area contributed by atoms with Gasteiger partial charge in [0.1, 0.15) is 5.54 Å². The number of aliphatic hydroxyl groups is 1. The van der Waals surface area contributed by atoms with Crippen molar-refractivity contribution in [1.82, 2.24) is 20.0 Å². The summed E-state index contributed by atoms with van der Waals surface area (Å²) in [5.74, 6) is 0. The zero-order chi connectivity index (χ0) is 18.3. The number of nitrogens with zero attached hydrogens (tertiary/aromatic N) is 4. The van der Waals surface area contributed by atoms with Gasteiger partial charge in [-0.25, -0.2) is 0 Å². The van der Waals surface area contributed by atoms with E-state index >= 15 is 0 Å². The molecule has 0 spiro atoms. The molecule has 0 saturated carbocycles. The molecule has 3 heterocycles. The average Bonchev–Trinajstić information content (AvgIpc) is 3.01. The Labute approximate surface area is 151 Å². The van der Waals surface area contributed by atoms with Crippen LogP contribution in [0.2, 0.25) is 19.6 Å². The van der Waals surface area contributed by atoms with Crippen LogP contribution in [0.3, 0.4) is 0 Å². The van der Waals surface area contributed by atoms with Gasteiger partial charge in [0.25, 0.3) is 0 Å². The third-order valence-corrected chi connectivity index (χ3v) is 9.53. The van der Waals surface area contributed by atoms with E-state index < -0.39 is 13.3 Å². The lowest BCUT2D eigenvalue weighted by atomic mass is 9.84. The topological polar surface area (TPSA) is 77.1 Å². The summed E-state index contributed by atoms with van der Waals surface area (Å²) < 4.78 is 1.96. The number of aromatic nitrogens is 2. The van der Waals surface area contributed by atoms with Crippen molar-refractivity contribution in [2.45, 2.75) is 62.6 Å². The Balaban J connectivity index is 1.78. The number of hydrogen-bond donors (Lipinski definition) is 2. The van der Waals surface area contributed by atoms with E-state index in [-0.39, 0.29) is 5.54 Å². The highest BCUT2D eigenvalue weighted by atomic mass is 28.3. The van der Waals surface area contributed by atoms with E-state index in [0.29, 0.717) is 12.5 Å². The minimum atomic E-state index is -1.80. The highest BCUT2D eigenvalue weighted by Crippen LogP contribution is 2.37. The molecule has 0 radical (unpaired) electrons. The van der Waals surface area contributed by atoms with Gasteiger partial charge in [-0.3, -0.25) is 9.58 Å². The van der Waals surface area contributed by atoms with Crippen molar-refractivity contribution >= 4 is 8.07 Å². The van der Waals surface area contributed by atoms with Crippen LogP contribution in [0.4, 0.5) is 0 Å². The van der Waals surface area contributed by atoms with Crippen molar-refractivity contribution in [2.24, 2.45) is 0 Å². The summed E-state index contributed by atoms with van der Waals surface area (Å²) in [6, 6.07) is 2.98. The molecule has 2 aliphatic heterocycles. The predicted molar refractivity (Wildman–Crippen MR) is 101 cm³/mol. The fourth-order valence-corrected chi connectivity index (χ4v) is 4.89. The summed E-state index contributed by atoms with van der Waals surface area (Å²) in [6.45, 7) is 12.3. The number of hydrogen-bond acceptors (Lipinski definition) is 5. The Bertz CT molecular complexity index is 645. The quantitative estimate of drug-likeness (QED) is 0.780. The number of likely N-dealkylation sites (tertiary alicyclic amines) is 1. The van der Waals surface area contributed by atoms with Gasteiger partial charge in [-0.2, -0.15) is 10.4 Å². The van der Waals surface area contributed by atoms with Crippen LogP contribution in [0, 0.1) is 11.3 Å². The molecule has 3 rings (SSSR count). The minimum absolute atomic E-state index is 0.243. The third kappa shape index (κ3) is 3.28. The average molecular weight is 362 g/mol. The molecule has 25 heavy (non-hydrogen) atoms. The summed E-state index contributed by atoms with van der Waals surface area (Å²) in [5.41, 5.74) is 0.636. The molecule has 1 atom stereocenters. The van der Waals surface area contributed by atoms with Gasteiger partial charge < -0.3 is 10.4 Å². The molecule has 2 aliphatic rings. The monoisotopic (exact) mass is 361 g/mol. The van der Waals surface area contributed by atoms with Crippen molar-refractivity contribution in [2.75, 3.05) is 26.2 Å². The minimum Gasteiger partial charge on any atom is -0.389 e. The van der Waals surface area contributed by atoms with E-state index in [1.54, 1.807) is 6.20 Å². The lowest BCUT2D eigenvalue weighted by Gasteiger charge is -2.53. The molecular weight excluding hydrogens is 330 g/mol. The number of nitriles is 1.